The third-order valence-electron chi connectivity index (χ3n) is 5.07. The SMILES string of the molecule is NCCc1ccc(Oc2ccc(F)c(C(=O)N[C@@H]3CCCCC[C@H]3O)c2)cc1. The summed E-state index contributed by atoms with van der Waals surface area (Å²) in [5.74, 6) is -0.184. The van der Waals surface area contributed by atoms with Crippen molar-refractivity contribution in [1.29, 1.82) is 0 Å². The molecule has 2 atom stereocenters. The van der Waals surface area contributed by atoms with E-state index in [9.17, 15) is 14.3 Å². The highest BCUT2D eigenvalue weighted by atomic mass is 19.1. The molecule has 4 N–H and O–H groups in total. The highest BCUT2D eigenvalue weighted by Crippen LogP contribution is 2.25. The number of halogens is 1. The van der Waals surface area contributed by atoms with Crippen LogP contribution in [0.5, 0.6) is 11.5 Å². The maximum absolute atomic E-state index is 14.2. The molecule has 0 heterocycles. The van der Waals surface area contributed by atoms with Crippen LogP contribution >= 0.6 is 0 Å². The highest BCUT2D eigenvalue weighted by molar-refractivity contribution is 5.95. The predicted octanol–water partition coefficient (Wildman–Crippen LogP) is 3.54. The zero-order chi connectivity index (χ0) is 19.9. The van der Waals surface area contributed by atoms with Crippen molar-refractivity contribution in [2.24, 2.45) is 5.73 Å². The summed E-state index contributed by atoms with van der Waals surface area (Å²) in [5.41, 5.74) is 6.56. The van der Waals surface area contributed by atoms with Crippen LogP contribution in [0.25, 0.3) is 0 Å². The van der Waals surface area contributed by atoms with Crippen LogP contribution < -0.4 is 15.8 Å². The normalized spacial score (nSPS) is 19.7. The minimum absolute atomic E-state index is 0.0892. The molecule has 2 aromatic rings. The monoisotopic (exact) mass is 386 g/mol. The molecule has 0 radical (unpaired) electrons. The molecular weight excluding hydrogens is 359 g/mol. The van der Waals surface area contributed by atoms with Gasteiger partial charge in [-0.2, -0.15) is 0 Å². The number of amides is 1. The number of hydrogen-bond acceptors (Lipinski definition) is 4. The van der Waals surface area contributed by atoms with Gasteiger partial charge >= 0.3 is 0 Å². The van der Waals surface area contributed by atoms with Crippen molar-refractivity contribution in [1.82, 2.24) is 5.32 Å². The summed E-state index contributed by atoms with van der Waals surface area (Å²) in [7, 11) is 0. The maximum Gasteiger partial charge on any atom is 0.254 e. The van der Waals surface area contributed by atoms with Crippen molar-refractivity contribution in [2.45, 2.75) is 50.7 Å². The Hall–Kier alpha value is -2.44. The van der Waals surface area contributed by atoms with E-state index in [1.165, 1.54) is 18.2 Å². The Bertz CT molecular complexity index is 795. The van der Waals surface area contributed by atoms with Crippen LogP contribution in [0, 0.1) is 5.82 Å². The van der Waals surface area contributed by atoms with Gasteiger partial charge in [0.05, 0.1) is 17.7 Å². The van der Waals surface area contributed by atoms with Crippen molar-refractivity contribution >= 4 is 5.91 Å². The van der Waals surface area contributed by atoms with Crippen LogP contribution in [0.4, 0.5) is 4.39 Å². The standard InChI is InChI=1S/C22H27FN2O3/c23-19-11-10-17(28-16-8-6-15(7-9-16)12-13-24)14-18(19)22(27)25-20-4-2-1-3-5-21(20)26/h6-11,14,20-21,26H,1-5,12-13,24H2,(H,25,27)/t20-,21-/m1/s1. The fourth-order valence-electron chi connectivity index (χ4n) is 3.47. The molecule has 0 aromatic heterocycles. The van der Waals surface area contributed by atoms with Crippen molar-refractivity contribution in [3.8, 4) is 11.5 Å². The molecule has 2 aromatic carbocycles. The van der Waals surface area contributed by atoms with Crippen molar-refractivity contribution < 1.29 is 19.0 Å². The van der Waals surface area contributed by atoms with E-state index in [4.69, 9.17) is 10.5 Å². The molecule has 1 fully saturated rings. The number of nitrogens with one attached hydrogen (secondary N) is 1. The summed E-state index contributed by atoms with van der Waals surface area (Å²) in [6.07, 6.45) is 4.44. The van der Waals surface area contributed by atoms with Crippen LogP contribution in [0.3, 0.4) is 0 Å². The Balaban J connectivity index is 1.70. The summed E-state index contributed by atoms with van der Waals surface area (Å²) in [5, 5.41) is 13.0. The van der Waals surface area contributed by atoms with Gasteiger partial charge in [-0.15, -0.1) is 0 Å². The molecule has 0 bridgehead atoms. The molecule has 1 amide bonds. The molecule has 3 rings (SSSR count). The van der Waals surface area contributed by atoms with Gasteiger partial charge in [-0.05, 0) is 61.7 Å². The van der Waals surface area contributed by atoms with Gasteiger partial charge in [0.2, 0.25) is 0 Å². The first-order valence-corrected chi connectivity index (χ1v) is 9.82. The minimum Gasteiger partial charge on any atom is -0.457 e. The Kier molecular flexibility index (Phi) is 7.01. The summed E-state index contributed by atoms with van der Waals surface area (Å²) >= 11 is 0. The lowest BCUT2D eigenvalue weighted by molar-refractivity contribution is 0.0815. The molecule has 1 aliphatic carbocycles. The smallest absolute Gasteiger partial charge is 0.254 e. The first kappa shape index (κ1) is 20.3. The van der Waals surface area contributed by atoms with Gasteiger partial charge in [-0.1, -0.05) is 31.4 Å². The molecule has 28 heavy (non-hydrogen) atoms. The van der Waals surface area contributed by atoms with Crippen molar-refractivity contribution in [3.63, 3.8) is 0 Å². The number of carbonyl (C=O) groups excluding carboxylic acids is 1. The van der Waals surface area contributed by atoms with Crippen LogP contribution in [0.2, 0.25) is 0 Å². The average Bonchev–Trinajstić information content (AvgIpc) is 2.89. The molecule has 0 unspecified atom stereocenters. The Morgan fingerprint density at radius 1 is 1.11 bits per heavy atom. The first-order chi connectivity index (χ1) is 13.6. The van der Waals surface area contributed by atoms with E-state index in [2.05, 4.69) is 5.32 Å². The lowest BCUT2D eigenvalue weighted by Crippen LogP contribution is -2.42. The number of aliphatic hydroxyl groups excluding tert-OH is 1. The van der Waals surface area contributed by atoms with Gasteiger partial charge in [0.25, 0.3) is 5.91 Å². The van der Waals surface area contributed by atoms with E-state index in [-0.39, 0.29) is 11.6 Å². The molecule has 5 nitrogen and oxygen atoms in total. The number of rotatable bonds is 6. The van der Waals surface area contributed by atoms with Gasteiger partial charge in [0, 0.05) is 0 Å². The zero-order valence-corrected chi connectivity index (χ0v) is 15.9. The van der Waals surface area contributed by atoms with Gasteiger partial charge in [0.15, 0.2) is 0 Å². The van der Waals surface area contributed by atoms with Crippen LogP contribution in [-0.2, 0) is 6.42 Å². The Labute approximate surface area is 164 Å². The average molecular weight is 386 g/mol. The van der Waals surface area contributed by atoms with E-state index in [1.54, 1.807) is 0 Å². The number of hydrogen-bond donors (Lipinski definition) is 3. The number of carbonyl (C=O) groups is 1. The van der Waals surface area contributed by atoms with E-state index in [0.29, 0.717) is 30.9 Å². The fraction of sp³-hybridized carbons (Fsp3) is 0.409. The second-order valence-corrected chi connectivity index (χ2v) is 7.21. The topological polar surface area (TPSA) is 84.6 Å². The van der Waals surface area contributed by atoms with Gasteiger partial charge in [0.1, 0.15) is 17.3 Å². The number of benzene rings is 2. The van der Waals surface area contributed by atoms with Gasteiger partial charge < -0.3 is 20.9 Å². The summed E-state index contributed by atoms with van der Waals surface area (Å²) < 4.78 is 20.0. The predicted molar refractivity (Wildman–Crippen MR) is 106 cm³/mol. The van der Waals surface area contributed by atoms with Crippen LogP contribution in [0.15, 0.2) is 42.5 Å². The lowest BCUT2D eigenvalue weighted by atomic mass is 10.1. The molecule has 6 heteroatoms. The van der Waals surface area contributed by atoms with Crippen LogP contribution in [-0.4, -0.2) is 29.7 Å². The third-order valence-corrected chi connectivity index (χ3v) is 5.07. The molecule has 150 valence electrons. The zero-order valence-electron chi connectivity index (χ0n) is 15.9. The maximum atomic E-state index is 14.2. The Morgan fingerprint density at radius 2 is 1.82 bits per heavy atom. The molecule has 0 aliphatic heterocycles. The summed E-state index contributed by atoms with van der Waals surface area (Å²) in [4.78, 5) is 12.6. The first-order valence-electron chi connectivity index (χ1n) is 9.82. The van der Waals surface area contributed by atoms with Crippen molar-refractivity contribution in [3.05, 3.63) is 59.4 Å². The second kappa shape index (κ2) is 9.66. The van der Waals surface area contributed by atoms with E-state index in [1.807, 2.05) is 24.3 Å². The molecule has 1 aliphatic rings. The van der Waals surface area contributed by atoms with E-state index >= 15 is 0 Å². The quantitative estimate of drug-likeness (QED) is 0.663. The van der Waals surface area contributed by atoms with Gasteiger partial charge in [-0.3, -0.25) is 4.79 Å². The second-order valence-electron chi connectivity index (χ2n) is 7.21. The summed E-state index contributed by atoms with van der Waals surface area (Å²) in [6, 6.07) is 11.2. The molecular formula is C22H27FN2O3. The minimum atomic E-state index is -0.619. The molecule has 0 spiro atoms. The molecule has 1 saturated carbocycles. The van der Waals surface area contributed by atoms with Crippen molar-refractivity contribution in [2.75, 3.05) is 6.54 Å². The molecule has 0 saturated heterocycles. The van der Waals surface area contributed by atoms with Crippen LogP contribution in [0.1, 0.15) is 48.0 Å². The largest absolute Gasteiger partial charge is 0.457 e. The fourth-order valence-corrected chi connectivity index (χ4v) is 3.47. The van der Waals surface area contributed by atoms with E-state index in [0.717, 1.165) is 31.2 Å². The number of aliphatic hydroxyl groups is 1. The lowest BCUT2D eigenvalue weighted by Gasteiger charge is -2.22. The van der Waals surface area contributed by atoms with E-state index < -0.39 is 17.8 Å². The number of nitrogens with two attached hydrogens (primary N) is 1. The summed E-state index contributed by atoms with van der Waals surface area (Å²) in [6.45, 7) is 0.576. The van der Waals surface area contributed by atoms with Gasteiger partial charge in [-0.25, -0.2) is 4.39 Å². The number of ether oxygens (including phenoxy) is 1. The highest BCUT2D eigenvalue weighted by Gasteiger charge is 2.25. The Morgan fingerprint density at radius 3 is 2.57 bits per heavy atom. The third kappa shape index (κ3) is 5.30.